The van der Waals surface area contributed by atoms with Crippen molar-refractivity contribution in [2.75, 3.05) is 12.1 Å². The molecule has 1 amide bonds. The summed E-state index contributed by atoms with van der Waals surface area (Å²) in [7, 11) is 0. The van der Waals surface area contributed by atoms with E-state index in [4.69, 9.17) is 0 Å². The zero-order chi connectivity index (χ0) is 6.97. The Hall–Kier alpha value is -1.45. The van der Waals surface area contributed by atoms with Crippen LogP contribution >= 0.6 is 0 Å². The Labute approximate surface area is 57.8 Å². The highest BCUT2D eigenvalue weighted by Crippen LogP contribution is 2.01. The van der Waals surface area contributed by atoms with Crippen LogP contribution in [0, 0.1) is 0 Å². The van der Waals surface area contributed by atoms with E-state index in [-0.39, 0.29) is 5.91 Å². The summed E-state index contributed by atoms with van der Waals surface area (Å²) in [5, 5.41) is 2.65. The molecular formula is C6H7N3O. The van der Waals surface area contributed by atoms with Crippen LogP contribution in [0.1, 0.15) is 10.5 Å². The first-order valence-electron chi connectivity index (χ1n) is 3.07. The lowest BCUT2D eigenvalue weighted by molar-refractivity contribution is 0.0936. The minimum absolute atomic E-state index is 0.0243. The molecule has 0 radical (unpaired) electrons. The number of aromatic nitrogens is 1. The maximum Gasteiger partial charge on any atom is 0.271 e. The normalized spacial score (nSPS) is 15.4. The highest BCUT2D eigenvalue weighted by atomic mass is 16.2. The van der Waals surface area contributed by atoms with Gasteiger partial charge in [0.15, 0.2) is 0 Å². The topological polar surface area (TPSA) is 46.1 Å². The molecule has 0 saturated carbocycles. The molecule has 0 fully saturated rings. The van der Waals surface area contributed by atoms with Crippen molar-refractivity contribution in [3.63, 3.8) is 0 Å². The summed E-state index contributed by atoms with van der Waals surface area (Å²) in [6.45, 7) is 0.501. The molecule has 4 heteroatoms. The van der Waals surface area contributed by atoms with Crippen LogP contribution in [-0.2, 0) is 0 Å². The van der Waals surface area contributed by atoms with Crippen molar-refractivity contribution in [1.29, 1.82) is 0 Å². The van der Waals surface area contributed by atoms with Gasteiger partial charge in [-0.15, -0.1) is 0 Å². The summed E-state index contributed by atoms with van der Waals surface area (Å²) in [6.07, 6.45) is 1.81. The van der Waals surface area contributed by atoms with Gasteiger partial charge >= 0.3 is 0 Å². The zero-order valence-corrected chi connectivity index (χ0v) is 5.29. The highest BCUT2D eigenvalue weighted by molar-refractivity contribution is 5.93. The van der Waals surface area contributed by atoms with E-state index < -0.39 is 0 Å². The van der Waals surface area contributed by atoms with Crippen LogP contribution in [0.3, 0.4) is 0 Å². The predicted molar refractivity (Wildman–Crippen MR) is 36.1 cm³/mol. The quantitative estimate of drug-likeness (QED) is 0.517. The Morgan fingerprint density at radius 2 is 2.50 bits per heavy atom. The minimum atomic E-state index is -0.0243. The second kappa shape index (κ2) is 1.76. The molecule has 2 N–H and O–H groups in total. The fraction of sp³-hybridized carbons (Fsp3) is 0.167. The molecule has 0 unspecified atom stereocenters. The molecule has 10 heavy (non-hydrogen) atoms. The molecule has 1 aromatic rings. The number of carbonyl (C=O) groups is 1. The maximum atomic E-state index is 11.0. The summed E-state index contributed by atoms with van der Waals surface area (Å²) in [4.78, 5) is 11.0. The second-order valence-electron chi connectivity index (χ2n) is 2.10. The van der Waals surface area contributed by atoms with Crippen molar-refractivity contribution < 1.29 is 4.79 Å². The molecule has 0 atom stereocenters. The Morgan fingerprint density at radius 1 is 1.60 bits per heavy atom. The first kappa shape index (κ1) is 5.34. The second-order valence-corrected chi connectivity index (χ2v) is 2.10. The summed E-state index contributed by atoms with van der Waals surface area (Å²) in [6, 6.07) is 3.59. The van der Waals surface area contributed by atoms with E-state index in [9.17, 15) is 4.79 Å². The van der Waals surface area contributed by atoms with Crippen molar-refractivity contribution in [3.05, 3.63) is 24.0 Å². The third-order valence-corrected chi connectivity index (χ3v) is 1.48. The van der Waals surface area contributed by atoms with Crippen LogP contribution in [0.25, 0.3) is 0 Å². The number of hydrogen-bond donors (Lipinski definition) is 2. The molecule has 0 saturated heterocycles. The van der Waals surface area contributed by atoms with Gasteiger partial charge in [-0.3, -0.25) is 9.47 Å². The minimum Gasteiger partial charge on any atom is -0.332 e. The molecule has 1 aromatic heterocycles. The monoisotopic (exact) mass is 137 g/mol. The standard InChI is InChI=1S/C6H7N3O/c10-6-5-2-1-3-9(5)8-4-7-6/h1-3,8H,4H2,(H,7,10). The Morgan fingerprint density at radius 3 is 3.30 bits per heavy atom. The molecule has 1 aliphatic heterocycles. The number of nitrogens with one attached hydrogen (secondary N) is 2. The molecule has 0 aliphatic carbocycles. The fourth-order valence-electron chi connectivity index (χ4n) is 0.999. The molecule has 0 bridgehead atoms. The molecule has 0 aromatic carbocycles. The highest BCUT2D eigenvalue weighted by Gasteiger charge is 2.13. The van der Waals surface area contributed by atoms with E-state index in [0.29, 0.717) is 12.4 Å². The van der Waals surface area contributed by atoms with Crippen LogP contribution < -0.4 is 10.7 Å². The summed E-state index contributed by atoms with van der Waals surface area (Å²) in [5.41, 5.74) is 3.62. The Balaban J connectivity index is 2.50. The van der Waals surface area contributed by atoms with Gasteiger partial charge in [0, 0.05) is 6.20 Å². The number of nitrogens with zero attached hydrogens (tertiary/aromatic N) is 1. The van der Waals surface area contributed by atoms with E-state index in [0.717, 1.165) is 0 Å². The smallest absolute Gasteiger partial charge is 0.271 e. The van der Waals surface area contributed by atoms with Gasteiger partial charge in [-0.05, 0) is 12.1 Å². The van der Waals surface area contributed by atoms with E-state index in [1.54, 1.807) is 10.7 Å². The van der Waals surface area contributed by atoms with Crippen LogP contribution in [0.5, 0.6) is 0 Å². The van der Waals surface area contributed by atoms with Gasteiger partial charge in [-0.2, -0.15) is 0 Å². The average Bonchev–Trinajstić information content (AvgIpc) is 2.36. The third-order valence-electron chi connectivity index (χ3n) is 1.48. The van der Waals surface area contributed by atoms with Gasteiger partial charge in [0.05, 0.1) is 0 Å². The van der Waals surface area contributed by atoms with Gasteiger partial charge < -0.3 is 10.7 Å². The van der Waals surface area contributed by atoms with Gasteiger partial charge in [-0.1, -0.05) is 0 Å². The number of carbonyl (C=O) groups excluding carboxylic acids is 1. The van der Waals surface area contributed by atoms with Gasteiger partial charge in [-0.25, -0.2) is 0 Å². The van der Waals surface area contributed by atoms with Gasteiger partial charge in [0.25, 0.3) is 5.91 Å². The lowest BCUT2D eigenvalue weighted by Crippen LogP contribution is -2.40. The van der Waals surface area contributed by atoms with Crippen molar-refractivity contribution >= 4 is 5.91 Å². The number of hydrogen-bond acceptors (Lipinski definition) is 2. The van der Waals surface area contributed by atoms with Crippen LogP contribution in [0.15, 0.2) is 18.3 Å². The zero-order valence-electron chi connectivity index (χ0n) is 5.29. The van der Waals surface area contributed by atoms with Crippen LogP contribution in [-0.4, -0.2) is 17.3 Å². The Bertz CT molecular complexity index is 266. The largest absolute Gasteiger partial charge is 0.332 e. The molecule has 2 heterocycles. The van der Waals surface area contributed by atoms with Gasteiger partial charge in [0.1, 0.15) is 12.4 Å². The van der Waals surface area contributed by atoms with Crippen LogP contribution in [0.4, 0.5) is 0 Å². The molecule has 0 spiro atoms. The SMILES string of the molecule is O=C1NCNn2cccc21. The van der Waals surface area contributed by atoms with Gasteiger partial charge in [0.2, 0.25) is 0 Å². The van der Waals surface area contributed by atoms with E-state index >= 15 is 0 Å². The molecule has 2 rings (SSSR count). The predicted octanol–water partition coefficient (Wildman–Crippen LogP) is -0.268. The van der Waals surface area contributed by atoms with Crippen LogP contribution in [0.2, 0.25) is 0 Å². The molecule has 52 valence electrons. The van der Waals surface area contributed by atoms with Crippen molar-refractivity contribution in [3.8, 4) is 0 Å². The first-order valence-corrected chi connectivity index (χ1v) is 3.07. The number of amides is 1. The first-order chi connectivity index (χ1) is 4.88. The number of rotatable bonds is 0. The molecule has 4 nitrogen and oxygen atoms in total. The maximum absolute atomic E-state index is 11.0. The summed E-state index contributed by atoms with van der Waals surface area (Å²) >= 11 is 0. The molecule has 1 aliphatic rings. The molecular weight excluding hydrogens is 130 g/mol. The lowest BCUT2D eigenvalue weighted by atomic mass is 10.4. The summed E-state index contributed by atoms with van der Waals surface area (Å²) in [5.74, 6) is -0.0243. The van der Waals surface area contributed by atoms with Crippen molar-refractivity contribution in [2.24, 2.45) is 0 Å². The fourth-order valence-corrected chi connectivity index (χ4v) is 0.999. The van der Waals surface area contributed by atoms with Crippen molar-refractivity contribution in [1.82, 2.24) is 9.99 Å². The van der Waals surface area contributed by atoms with E-state index in [1.807, 2.05) is 12.3 Å². The van der Waals surface area contributed by atoms with Crippen molar-refractivity contribution in [2.45, 2.75) is 0 Å². The average molecular weight is 137 g/mol. The van der Waals surface area contributed by atoms with E-state index in [2.05, 4.69) is 10.7 Å². The summed E-state index contributed by atoms with van der Waals surface area (Å²) < 4.78 is 1.71. The Kier molecular flexibility index (Phi) is 0.943. The number of fused-ring (bicyclic) bond motifs is 1. The third kappa shape index (κ3) is 0.586. The van der Waals surface area contributed by atoms with E-state index in [1.165, 1.54) is 0 Å². The lowest BCUT2D eigenvalue weighted by Gasteiger charge is -2.17.